The Labute approximate surface area is 243 Å². The van der Waals surface area contributed by atoms with E-state index in [-0.39, 0.29) is 30.5 Å². The minimum atomic E-state index is -5.04. The van der Waals surface area contributed by atoms with Crippen LogP contribution in [0.2, 0.25) is 5.02 Å². The fourth-order valence-corrected chi connectivity index (χ4v) is 6.12. The molecule has 1 atom stereocenters. The summed E-state index contributed by atoms with van der Waals surface area (Å²) >= 11 is 6.01. The van der Waals surface area contributed by atoms with E-state index >= 15 is 0 Å². The van der Waals surface area contributed by atoms with E-state index in [1.165, 1.54) is 0 Å². The van der Waals surface area contributed by atoms with Crippen LogP contribution in [0.3, 0.4) is 0 Å². The zero-order valence-corrected chi connectivity index (χ0v) is 23.6. The zero-order valence-electron chi connectivity index (χ0n) is 22.0. The van der Waals surface area contributed by atoms with Crippen LogP contribution in [-0.4, -0.2) is 39.4 Å². The Kier molecular flexibility index (Phi) is 9.76. The number of carbonyl (C=O) groups is 2. The summed E-state index contributed by atoms with van der Waals surface area (Å²) in [5.41, 5.74) is 3.17. The van der Waals surface area contributed by atoms with Gasteiger partial charge in [0.1, 0.15) is 0 Å². The monoisotopic (exact) mass is 592 g/mol. The molecule has 1 amide bonds. The molecule has 4 aromatic carbocycles. The van der Waals surface area contributed by atoms with Crippen molar-refractivity contribution < 1.29 is 29.0 Å². The molecule has 4 rings (SSSR count). The van der Waals surface area contributed by atoms with Crippen molar-refractivity contribution in [3.63, 3.8) is 0 Å². The number of amides is 1. The lowest BCUT2D eigenvalue weighted by atomic mass is 9.94. The molecular formula is C31H30ClN2O6P. The molecular weight excluding hydrogens is 563 g/mol. The third-order valence-electron chi connectivity index (χ3n) is 6.73. The van der Waals surface area contributed by atoms with Gasteiger partial charge in [0.2, 0.25) is 5.91 Å². The third kappa shape index (κ3) is 7.30. The molecule has 8 nitrogen and oxygen atoms in total. The summed E-state index contributed by atoms with van der Waals surface area (Å²) in [5.74, 6) is -1.66. The van der Waals surface area contributed by atoms with Crippen LogP contribution in [0.5, 0.6) is 0 Å². The van der Waals surface area contributed by atoms with Gasteiger partial charge in [0, 0.05) is 11.6 Å². The van der Waals surface area contributed by atoms with Gasteiger partial charge < -0.3 is 20.2 Å². The predicted octanol–water partition coefficient (Wildman–Crippen LogP) is 5.18. The first-order chi connectivity index (χ1) is 19.6. The van der Waals surface area contributed by atoms with Crippen molar-refractivity contribution in [1.82, 2.24) is 10.6 Å². The average Bonchev–Trinajstić information content (AvgIpc) is 2.96. The molecule has 0 aromatic heterocycles. The van der Waals surface area contributed by atoms with Crippen LogP contribution >= 0.6 is 19.2 Å². The van der Waals surface area contributed by atoms with Gasteiger partial charge in [-0.15, -0.1) is 0 Å². The number of rotatable bonds is 12. The number of hydrogen-bond acceptors (Lipinski definition) is 4. The van der Waals surface area contributed by atoms with E-state index in [4.69, 9.17) is 16.7 Å². The van der Waals surface area contributed by atoms with E-state index < -0.39 is 30.8 Å². The average molecular weight is 593 g/mol. The Morgan fingerprint density at radius 3 is 1.73 bits per heavy atom. The number of carboxylic acid groups (broad SMARTS) is 1. The van der Waals surface area contributed by atoms with Gasteiger partial charge in [0.05, 0.1) is 12.5 Å². The number of benzene rings is 4. The maximum Gasteiger partial charge on any atom is 0.354 e. The van der Waals surface area contributed by atoms with Crippen LogP contribution < -0.4 is 10.6 Å². The highest BCUT2D eigenvalue weighted by atomic mass is 35.5. The van der Waals surface area contributed by atoms with E-state index in [0.29, 0.717) is 5.02 Å². The number of carboxylic acids is 1. The van der Waals surface area contributed by atoms with Gasteiger partial charge in [-0.2, -0.15) is 0 Å². The van der Waals surface area contributed by atoms with Crippen LogP contribution in [0.15, 0.2) is 109 Å². The van der Waals surface area contributed by atoms with Crippen molar-refractivity contribution in [3.05, 3.63) is 131 Å². The molecule has 0 aliphatic heterocycles. The van der Waals surface area contributed by atoms with Gasteiger partial charge in [0.15, 0.2) is 5.28 Å². The number of halogens is 1. The van der Waals surface area contributed by atoms with Gasteiger partial charge >= 0.3 is 13.6 Å². The van der Waals surface area contributed by atoms with Crippen molar-refractivity contribution >= 4 is 31.1 Å². The van der Waals surface area contributed by atoms with Crippen LogP contribution in [0.25, 0.3) is 11.1 Å². The summed E-state index contributed by atoms with van der Waals surface area (Å²) in [5, 5.41) is 13.3. The SMILES string of the molecule is O=C(O)CCNC(=O)C(Cc1ccc(-c2ccc(Cl)cc2)cc1)NC(c1ccccc1)(c1ccccc1)P(=O)(O)O. The molecule has 41 heavy (non-hydrogen) atoms. The molecule has 10 heteroatoms. The van der Waals surface area contributed by atoms with Gasteiger partial charge in [-0.25, -0.2) is 0 Å². The summed E-state index contributed by atoms with van der Waals surface area (Å²) in [4.78, 5) is 46.3. The van der Waals surface area contributed by atoms with Crippen LogP contribution in [0, 0.1) is 0 Å². The zero-order chi connectivity index (χ0) is 29.5. The highest BCUT2D eigenvalue weighted by molar-refractivity contribution is 7.53. The first kappa shape index (κ1) is 30.2. The van der Waals surface area contributed by atoms with Crippen LogP contribution in [0.1, 0.15) is 23.1 Å². The second kappa shape index (κ2) is 13.3. The second-order valence-electron chi connectivity index (χ2n) is 9.53. The van der Waals surface area contributed by atoms with Crippen molar-refractivity contribution in [3.8, 4) is 11.1 Å². The molecule has 0 radical (unpaired) electrons. The van der Waals surface area contributed by atoms with E-state index in [1.807, 2.05) is 36.4 Å². The molecule has 4 aromatic rings. The van der Waals surface area contributed by atoms with Crippen LogP contribution in [0.4, 0.5) is 0 Å². The summed E-state index contributed by atoms with van der Waals surface area (Å²) in [6.45, 7) is -0.137. The van der Waals surface area contributed by atoms with Crippen molar-refractivity contribution in [1.29, 1.82) is 0 Å². The Morgan fingerprint density at radius 1 is 0.780 bits per heavy atom. The van der Waals surface area contributed by atoms with Crippen LogP contribution in [-0.2, 0) is 25.9 Å². The molecule has 0 bridgehead atoms. The van der Waals surface area contributed by atoms with Gasteiger partial charge in [-0.05, 0) is 46.4 Å². The van der Waals surface area contributed by atoms with Gasteiger partial charge in [-0.1, -0.05) is 109 Å². The highest BCUT2D eigenvalue weighted by Crippen LogP contribution is 2.59. The lowest BCUT2D eigenvalue weighted by Crippen LogP contribution is -2.55. The van der Waals surface area contributed by atoms with Gasteiger partial charge in [0.25, 0.3) is 0 Å². The summed E-state index contributed by atoms with van der Waals surface area (Å²) < 4.78 is 13.4. The standard InChI is InChI=1S/C31H30ClN2O6P/c32-27-17-15-24(16-18-27)23-13-11-22(12-14-23)21-28(30(37)33-20-19-29(35)36)34-31(41(38,39)40,25-7-3-1-4-8-25)26-9-5-2-6-10-26/h1-18,28,34H,19-21H2,(H,33,37)(H,35,36)(H2,38,39,40). The molecule has 0 saturated heterocycles. The third-order valence-corrected chi connectivity index (χ3v) is 8.50. The molecule has 0 fully saturated rings. The number of aliphatic carboxylic acids is 1. The smallest absolute Gasteiger partial charge is 0.354 e. The van der Waals surface area contributed by atoms with E-state index in [0.717, 1.165) is 16.7 Å². The molecule has 0 spiro atoms. The Bertz CT molecular complexity index is 1470. The fourth-order valence-electron chi connectivity index (χ4n) is 4.70. The first-order valence-corrected chi connectivity index (χ1v) is 14.9. The molecule has 1 unspecified atom stereocenters. The largest absolute Gasteiger partial charge is 0.481 e. The maximum absolute atomic E-state index is 13.5. The molecule has 5 N–H and O–H groups in total. The Hall–Kier alpha value is -3.78. The number of carbonyl (C=O) groups excluding carboxylic acids is 1. The van der Waals surface area contributed by atoms with E-state index in [9.17, 15) is 23.9 Å². The fraction of sp³-hybridized carbons (Fsp3) is 0.161. The van der Waals surface area contributed by atoms with Crippen molar-refractivity contribution in [2.24, 2.45) is 0 Å². The van der Waals surface area contributed by atoms with Crippen molar-refractivity contribution in [2.45, 2.75) is 24.2 Å². The maximum atomic E-state index is 13.5. The number of hydrogen-bond donors (Lipinski definition) is 5. The minimum absolute atomic E-state index is 0.0707. The molecule has 0 heterocycles. The quantitative estimate of drug-likeness (QED) is 0.143. The second-order valence-corrected chi connectivity index (χ2v) is 11.7. The predicted molar refractivity (Wildman–Crippen MR) is 158 cm³/mol. The summed E-state index contributed by atoms with van der Waals surface area (Å²) in [6.07, 6.45) is -0.226. The molecule has 0 aliphatic carbocycles. The molecule has 0 saturated carbocycles. The van der Waals surface area contributed by atoms with Gasteiger partial charge in [-0.3, -0.25) is 19.5 Å². The molecule has 0 aliphatic rings. The van der Waals surface area contributed by atoms with E-state index in [1.54, 1.807) is 72.8 Å². The molecule has 212 valence electrons. The topological polar surface area (TPSA) is 136 Å². The van der Waals surface area contributed by atoms with E-state index in [2.05, 4.69) is 10.6 Å². The summed E-state index contributed by atoms with van der Waals surface area (Å²) in [7, 11) is -5.04. The summed E-state index contributed by atoms with van der Waals surface area (Å²) in [6, 6.07) is 30.2. The highest BCUT2D eigenvalue weighted by Gasteiger charge is 2.51. The Morgan fingerprint density at radius 2 is 1.27 bits per heavy atom. The lowest BCUT2D eigenvalue weighted by molar-refractivity contribution is -0.137. The first-order valence-electron chi connectivity index (χ1n) is 12.9. The Balaban J connectivity index is 1.74. The minimum Gasteiger partial charge on any atom is -0.481 e. The number of nitrogens with one attached hydrogen (secondary N) is 2. The lowest BCUT2D eigenvalue weighted by Gasteiger charge is -2.39. The van der Waals surface area contributed by atoms with Crippen molar-refractivity contribution in [2.75, 3.05) is 6.54 Å². The normalized spacial score (nSPS) is 12.5.